The topological polar surface area (TPSA) is 240 Å². The molecule has 3 aliphatic rings. The Morgan fingerprint density at radius 1 is 0.554 bits per heavy atom. The lowest BCUT2D eigenvalue weighted by Gasteiger charge is -2.31. The largest absolute Gasteiger partial charge is 0.497 e. The first kappa shape index (κ1) is 69.5. The first-order valence-corrected chi connectivity index (χ1v) is 33.6. The van der Waals surface area contributed by atoms with Gasteiger partial charge in [-0.15, -0.1) is 0 Å². The number of methoxy groups -OCH3 is 3. The molecule has 0 amide bonds. The summed E-state index contributed by atoms with van der Waals surface area (Å²) in [6, 6.07) is 44.4. The zero-order chi connectivity index (χ0) is 70.7. The lowest BCUT2D eigenvalue weighted by atomic mass is 9.88. The molecular formula is C78H79ClN12O10. The summed E-state index contributed by atoms with van der Waals surface area (Å²) in [5, 5.41) is 19.4. The van der Waals surface area contributed by atoms with Crippen molar-refractivity contribution < 1.29 is 48.3 Å². The van der Waals surface area contributed by atoms with Crippen molar-refractivity contribution in [2.75, 3.05) is 71.5 Å². The molecule has 1 saturated heterocycles. The lowest BCUT2D eigenvalue weighted by Crippen LogP contribution is -2.32. The fourth-order valence-electron chi connectivity index (χ4n) is 13.1. The Labute approximate surface area is 591 Å². The number of hydrogen-bond acceptors (Lipinski definition) is 17. The number of anilines is 4. The summed E-state index contributed by atoms with van der Waals surface area (Å²) in [5.74, 6) is 4.15. The molecule has 11 aromatic rings. The van der Waals surface area contributed by atoms with Crippen LogP contribution in [0.3, 0.4) is 0 Å². The zero-order valence-corrected chi connectivity index (χ0v) is 58.1. The number of rotatable bonds is 19. The van der Waals surface area contributed by atoms with E-state index in [1.54, 1.807) is 57.1 Å². The van der Waals surface area contributed by atoms with Crippen molar-refractivity contribution in [3.8, 4) is 57.6 Å². The van der Waals surface area contributed by atoms with Crippen LogP contribution in [0.25, 0.3) is 34.6 Å². The molecule has 23 heteroatoms. The number of ether oxygens (including phenoxy) is 5. The maximum atomic E-state index is 12.0. The number of imidazole rings is 3. The van der Waals surface area contributed by atoms with Crippen LogP contribution in [0.5, 0.6) is 23.0 Å². The molecule has 14 rings (SSSR count). The second-order valence-electron chi connectivity index (χ2n) is 25.1. The molecule has 2 atom stereocenters. The highest BCUT2D eigenvalue weighted by molar-refractivity contribution is 6.30. The standard InChI is InChI=1S/C28H28N4O4.C27H26N4O4.C23H25ClN4O2/c1-31(21-4-7-23(34-2)8-5-21)22-6-9-24-20(11-15-36-26(24)17-22)18-32-14-13-30-27(32)25-16-19(10-12-29-25)28(33)35-3;1-30(20-3-6-22(34-2)7-4-20)21-5-8-23-19(10-14-35-25(23)16-21)17-31-13-12-29-26(31)24-15-18(27(32)33)9-11-28-24;1-15-9-18(11-19(24)10-15)16-4-7-28(8-5-16)14-20-13-27(2)22(26-20)21-12-17(23(29)30)3-6-25-21/h4-10,12-14,16-17,20H,11,15,18H2,1-3H3;3-9,11-13,15-16,19H,10,14,17H2,1-2H3,(H,32,33);3,6,9-13,16H,4-5,7-8,14H2,1-2H3,(H,29,30). The molecule has 0 aliphatic carbocycles. The van der Waals surface area contributed by atoms with Crippen molar-refractivity contribution in [1.82, 2.24) is 48.5 Å². The van der Waals surface area contributed by atoms with Crippen LogP contribution in [0.2, 0.25) is 5.02 Å². The summed E-state index contributed by atoms with van der Waals surface area (Å²) < 4.78 is 33.5. The van der Waals surface area contributed by atoms with Gasteiger partial charge in [-0.25, -0.2) is 29.3 Å². The first-order chi connectivity index (χ1) is 49.0. The number of esters is 1. The van der Waals surface area contributed by atoms with Gasteiger partial charge < -0.3 is 57.4 Å². The summed E-state index contributed by atoms with van der Waals surface area (Å²) in [6.07, 6.45) is 17.9. The van der Waals surface area contributed by atoms with Gasteiger partial charge in [0.1, 0.15) is 40.1 Å². The van der Waals surface area contributed by atoms with Gasteiger partial charge in [0.25, 0.3) is 0 Å². The van der Waals surface area contributed by atoms with Crippen LogP contribution in [0, 0.1) is 6.92 Å². The van der Waals surface area contributed by atoms with Crippen LogP contribution in [-0.2, 0) is 31.4 Å². The van der Waals surface area contributed by atoms with E-state index in [4.69, 9.17) is 40.3 Å². The van der Waals surface area contributed by atoms with Crippen molar-refractivity contribution in [3.05, 3.63) is 239 Å². The van der Waals surface area contributed by atoms with Gasteiger partial charge in [-0.1, -0.05) is 29.8 Å². The van der Waals surface area contributed by atoms with Gasteiger partial charge >= 0.3 is 17.9 Å². The Balaban J connectivity index is 0.000000144. The minimum Gasteiger partial charge on any atom is -0.497 e. The zero-order valence-electron chi connectivity index (χ0n) is 57.3. The summed E-state index contributed by atoms with van der Waals surface area (Å²) >= 11 is 6.24. The number of carbonyl (C=O) groups is 3. The summed E-state index contributed by atoms with van der Waals surface area (Å²) in [6.45, 7) is 7.57. The number of likely N-dealkylation sites (tertiary alicyclic amines) is 1. The van der Waals surface area contributed by atoms with Crippen molar-refractivity contribution >= 4 is 52.3 Å². The number of pyridine rings is 3. The lowest BCUT2D eigenvalue weighted by molar-refractivity contribution is 0.0599. The molecule has 9 heterocycles. The van der Waals surface area contributed by atoms with Crippen molar-refractivity contribution in [1.29, 1.82) is 0 Å². The van der Waals surface area contributed by atoms with Crippen molar-refractivity contribution in [2.45, 2.75) is 70.0 Å². The molecule has 1 fully saturated rings. The summed E-state index contributed by atoms with van der Waals surface area (Å²) in [4.78, 5) is 68.0. The van der Waals surface area contributed by atoms with E-state index in [-0.39, 0.29) is 23.0 Å². The van der Waals surface area contributed by atoms with E-state index in [0.717, 1.165) is 114 Å². The van der Waals surface area contributed by atoms with Gasteiger partial charge in [0.05, 0.1) is 56.9 Å². The number of piperidine rings is 1. The second kappa shape index (κ2) is 31.7. The minimum atomic E-state index is -0.986. The Morgan fingerprint density at radius 3 is 1.49 bits per heavy atom. The smallest absolute Gasteiger partial charge is 0.337 e. The van der Waals surface area contributed by atoms with E-state index in [9.17, 15) is 24.6 Å². The molecule has 2 N–H and O–H groups in total. The third-order valence-electron chi connectivity index (χ3n) is 18.6. The number of halogens is 1. The molecule has 5 aromatic carbocycles. The third-order valence-corrected chi connectivity index (χ3v) is 18.8. The fraction of sp³-hybridized carbons (Fsp3) is 0.269. The number of fused-ring (bicyclic) bond motifs is 2. The molecule has 0 saturated carbocycles. The highest BCUT2D eigenvalue weighted by Crippen LogP contribution is 2.42. The Hall–Kier alpha value is -11.4. The first-order valence-electron chi connectivity index (χ1n) is 33.3. The summed E-state index contributed by atoms with van der Waals surface area (Å²) in [7, 11) is 10.7. The molecule has 3 aliphatic heterocycles. The van der Waals surface area contributed by atoms with Gasteiger partial charge in [0.15, 0.2) is 17.5 Å². The van der Waals surface area contributed by atoms with E-state index in [1.165, 1.54) is 48.3 Å². The van der Waals surface area contributed by atoms with Gasteiger partial charge in [-0.3, -0.25) is 19.9 Å². The quantitative estimate of drug-likeness (QED) is 0.0715. The molecule has 0 radical (unpaired) electrons. The van der Waals surface area contributed by atoms with Gasteiger partial charge in [0, 0.05) is 142 Å². The molecular weight excluding hydrogens is 1300 g/mol. The van der Waals surface area contributed by atoms with Crippen LogP contribution >= 0.6 is 11.6 Å². The molecule has 101 heavy (non-hydrogen) atoms. The number of aryl methyl sites for hydroxylation is 2. The average Bonchev–Trinajstić information content (AvgIpc) is 1.33. The number of aromatic nitrogens is 9. The normalized spacial score (nSPS) is 14.8. The number of carboxylic acid groups (broad SMARTS) is 2. The third kappa shape index (κ3) is 16.5. The molecule has 22 nitrogen and oxygen atoms in total. The number of benzene rings is 5. The van der Waals surface area contributed by atoms with E-state index < -0.39 is 17.9 Å². The Kier molecular flexibility index (Phi) is 21.8. The molecule has 0 bridgehead atoms. The minimum absolute atomic E-state index is 0.189. The number of carboxylic acids is 2. The number of hydrogen-bond donors (Lipinski definition) is 2. The number of carbonyl (C=O) groups excluding carboxylic acids is 1. The molecule has 0 spiro atoms. The number of aromatic carboxylic acids is 2. The van der Waals surface area contributed by atoms with E-state index in [0.29, 0.717) is 65.8 Å². The predicted octanol–water partition coefficient (Wildman–Crippen LogP) is 14.6. The second-order valence-corrected chi connectivity index (χ2v) is 25.5. The predicted molar refractivity (Wildman–Crippen MR) is 387 cm³/mol. The van der Waals surface area contributed by atoms with Crippen LogP contribution in [0.15, 0.2) is 189 Å². The maximum Gasteiger partial charge on any atom is 0.337 e. The highest BCUT2D eigenvalue weighted by atomic mass is 35.5. The van der Waals surface area contributed by atoms with Crippen LogP contribution in [-0.4, -0.2) is 138 Å². The fourth-order valence-corrected chi connectivity index (χ4v) is 13.4. The van der Waals surface area contributed by atoms with Crippen LogP contribution < -0.4 is 28.7 Å². The average molecular weight is 1380 g/mol. The van der Waals surface area contributed by atoms with Crippen molar-refractivity contribution in [3.63, 3.8) is 0 Å². The molecule has 6 aromatic heterocycles. The van der Waals surface area contributed by atoms with Crippen LogP contribution in [0.1, 0.15) is 102 Å². The highest BCUT2D eigenvalue weighted by Gasteiger charge is 2.28. The van der Waals surface area contributed by atoms with Crippen LogP contribution in [0.4, 0.5) is 22.7 Å². The SMILES string of the molecule is COC(=O)c1ccnc(-c2nccn2CC2CCOc3cc(N(C)c4ccc(OC)cc4)ccc32)c1.COc1ccc(N(C)c2ccc3c(c2)OCCC3Cn2ccnc2-c2cc(C(=O)O)ccn2)cc1.Cc1cc(Cl)cc(C2CCN(Cc3cn(C)c(-c4cc(C(=O)O)ccn4)n3)CC2)c1. The number of nitrogens with zero attached hydrogens (tertiary/aromatic N) is 12. The Morgan fingerprint density at radius 2 is 1.02 bits per heavy atom. The van der Waals surface area contributed by atoms with E-state index in [2.05, 4.69) is 99.6 Å². The summed E-state index contributed by atoms with van der Waals surface area (Å²) in [5.41, 5.74) is 12.6. The monoisotopic (exact) mass is 1380 g/mol. The molecule has 518 valence electrons. The van der Waals surface area contributed by atoms with E-state index in [1.807, 2.05) is 103 Å². The van der Waals surface area contributed by atoms with Gasteiger partial charge in [-0.05, 0) is 183 Å². The Bertz CT molecular complexity index is 4700. The molecule has 2 unspecified atom stereocenters. The van der Waals surface area contributed by atoms with E-state index >= 15 is 0 Å². The van der Waals surface area contributed by atoms with Gasteiger partial charge in [0.2, 0.25) is 0 Å². The maximum absolute atomic E-state index is 12.0. The van der Waals surface area contributed by atoms with Crippen molar-refractivity contribution in [2.24, 2.45) is 7.05 Å². The van der Waals surface area contributed by atoms with Gasteiger partial charge in [-0.2, -0.15) is 0 Å².